The fourth-order valence-electron chi connectivity index (χ4n) is 1.13. The van der Waals surface area contributed by atoms with E-state index in [2.05, 4.69) is 39.6 Å². The second kappa shape index (κ2) is 19.3. The van der Waals surface area contributed by atoms with Crippen molar-refractivity contribution in [3.8, 4) is 0 Å². The van der Waals surface area contributed by atoms with Gasteiger partial charge >= 0.3 is 16.0 Å². The van der Waals surface area contributed by atoms with Crippen molar-refractivity contribution < 1.29 is 0 Å². The van der Waals surface area contributed by atoms with Gasteiger partial charge in [-0.05, 0) is 0 Å². The fourth-order valence-corrected chi connectivity index (χ4v) is 1.13. The molecule has 0 aromatic carbocycles. The third-order valence-electron chi connectivity index (χ3n) is 1.85. The van der Waals surface area contributed by atoms with Crippen LogP contribution in [0.5, 0.6) is 0 Å². The van der Waals surface area contributed by atoms with Gasteiger partial charge in [0.1, 0.15) is 0 Å². The SMILES string of the molecule is [Br][Mg][Br].[CH2]CCCCCCCCC. The quantitative estimate of drug-likeness (QED) is 0.442. The molecular formula is C10H21Br2Mg. The van der Waals surface area contributed by atoms with Crippen molar-refractivity contribution in [2.45, 2.75) is 58.3 Å². The van der Waals surface area contributed by atoms with E-state index in [1.54, 1.807) is 0 Å². The second-order valence-electron chi connectivity index (χ2n) is 3.08. The summed E-state index contributed by atoms with van der Waals surface area (Å²) in [5.74, 6) is 0. The molecule has 77 valence electrons. The maximum absolute atomic E-state index is 3.82. The first-order valence-corrected chi connectivity index (χ1v) is 13.0. The van der Waals surface area contributed by atoms with Crippen LogP contribution in [-0.4, -0.2) is 16.0 Å². The summed E-state index contributed by atoms with van der Waals surface area (Å²) in [7, 11) is 0. The molecule has 0 amide bonds. The van der Waals surface area contributed by atoms with Crippen molar-refractivity contribution in [3.63, 3.8) is 0 Å². The summed E-state index contributed by atoms with van der Waals surface area (Å²) >= 11 is 6.44. The van der Waals surface area contributed by atoms with E-state index in [0.717, 1.165) is 6.42 Å². The lowest BCUT2D eigenvalue weighted by atomic mass is 10.1. The van der Waals surface area contributed by atoms with Crippen molar-refractivity contribution in [3.05, 3.63) is 6.92 Å². The molecule has 0 heterocycles. The second-order valence-corrected chi connectivity index (χ2v) is 11.2. The molecule has 0 spiro atoms. The summed E-state index contributed by atoms with van der Waals surface area (Å²) < 4.78 is 0. The number of hydrogen-bond donors (Lipinski definition) is 0. The molecule has 0 aliphatic heterocycles. The van der Waals surface area contributed by atoms with Gasteiger partial charge in [0.05, 0.1) is 0 Å². The summed E-state index contributed by atoms with van der Waals surface area (Å²) in [5.41, 5.74) is 0. The molecule has 13 heavy (non-hydrogen) atoms. The maximum atomic E-state index is 3.82. The van der Waals surface area contributed by atoms with E-state index < -0.39 is 0 Å². The first-order chi connectivity index (χ1) is 6.33. The molecule has 0 aliphatic rings. The average Bonchev–Trinajstić information content (AvgIpc) is 2.13. The lowest BCUT2D eigenvalue weighted by Gasteiger charge is -1.97. The van der Waals surface area contributed by atoms with E-state index in [9.17, 15) is 0 Å². The lowest BCUT2D eigenvalue weighted by molar-refractivity contribution is 0.592. The molecule has 0 saturated heterocycles. The Morgan fingerprint density at radius 1 is 0.923 bits per heavy atom. The standard InChI is InChI=1S/C10H21.2BrH.Mg/c1-3-5-7-9-10-8-6-4-2;;;/h1,3-10H2,2H3;2*1H;/q;;;+2/p-2. The van der Waals surface area contributed by atoms with Crippen molar-refractivity contribution >= 4 is 41.8 Å². The Morgan fingerprint density at radius 2 is 1.31 bits per heavy atom. The Bertz CT molecular complexity index is 61.9. The van der Waals surface area contributed by atoms with Crippen molar-refractivity contribution in [1.29, 1.82) is 0 Å². The van der Waals surface area contributed by atoms with Crippen LogP contribution in [0.4, 0.5) is 0 Å². The lowest BCUT2D eigenvalue weighted by Crippen LogP contribution is -1.77. The summed E-state index contributed by atoms with van der Waals surface area (Å²) in [6.45, 7) is 6.08. The van der Waals surface area contributed by atoms with Crippen LogP contribution in [-0.2, 0) is 0 Å². The third kappa shape index (κ3) is 24.8. The van der Waals surface area contributed by atoms with Crippen molar-refractivity contribution in [2.24, 2.45) is 0 Å². The summed E-state index contributed by atoms with van der Waals surface area (Å²) in [6.07, 6.45) is 10.9. The highest BCUT2D eigenvalue weighted by atomic mass is 79.9. The van der Waals surface area contributed by atoms with E-state index in [-0.39, 0.29) is 16.0 Å². The molecular weight excluding hydrogens is 304 g/mol. The average molecular weight is 325 g/mol. The van der Waals surface area contributed by atoms with Crippen molar-refractivity contribution in [1.82, 2.24) is 0 Å². The van der Waals surface area contributed by atoms with Gasteiger partial charge in [-0.1, -0.05) is 65.2 Å². The molecule has 0 aromatic rings. The van der Waals surface area contributed by atoms with Gasteiger partial charge in [-0.2, -0.15) is 0 Å². The number of unbranched alkanes of at least 4 members (excludes halogenated alkanes) is 7. The van der Waals surface area contributed by atoms with E-state index in [1.807, 2.05) is 0 Å². The van der Waals surface area contributed by atoms with Crippen molar-refractivity contribution in [2.75, 3.05) is 0 Å². The van der Waals surface area contributed by atoms with E-state index in [1.165, 1.54) is 44.9 Å². The van der Waals surface area contributed by atoms with Crippen LogP contribution in [0.3, 0.4) is 0 Å². The zero-order chi connectivity index (χ0) is 10.4. The summed E-state index contributed by atoms with van der Waals surface area (Å²) in [4.78, 5) is 0. The zero-order valence-corrected chi connectivity index (χ0v) is 13.4. The van der Waals surface area contributed by atoms with Crippen LogP contribution in [0.15, 0.2) is 0 Å². The molecule has 0 saturated carbocycles. The van der Waals surface area contributed by atoms with Crippen LogP contribution >= 0.6 is 25.8 Å². The molecule has 0 aromatic heterocycles. The normalized spacial score (nSPS) is 8.62. The van der Waals surface area contributed by atoms with Crippen LogP contribution in [0, 0.1) is 6.92 Å². The van der Waals surface area contributed by atoms with Gasteiger partial charge in [0.2, 0.25) is 0 Å². The zero-order valence-electron chi connectivity index (χ0n) is 8.83. The van der Waals surface area contributed by atoms with Gasteiger partial charge in [-0.15, -0.1) is 0 Å². The van der Waals surface area contributed by atoms with Gasteiger partial charge in [-0.25, -0.2) is 0 Å². The summed E-state index contributed by atoms with van der Waals surface area (Å²) in [5, 5.41) is 0. The molecule has 0 nitrogen and oxygen atoms in total. The first kappa shape index (κ1) is 17.1. The molecule has 0 fully saturated rings. The molecule has 0 bridgehead atoms. The minimum Gasteiger partial charge on any atom is -0.280 e. The van der Waals surface area contributed by atoms with Gasteiger partial charge < -0.3 is 0 Å². The van der Waals surface area contributed by atoms with Crippen LogP contribution in [0.2, 0.25) is 0 Å². The minimum absolute atomic E-state index is 0.0417. The third-order valence-corrected chi connectivity index (χ3v) is 1.85. The molecule has 0 N–H and O–H groups in total. The summed E-state index contributed by atoms with van der Waals surface area (Å²) in [6, 6.07) is 0. The minimum atomic E-state index is 0.0417. The predicted octanol–water partition coefficient (Wildman–Crippen LogP) is 5.27. The monoisotopic (exact) mass is 323 g/mol. The highest BCUT2D eigenvalue weighted by Gasteiger charge is 1.87. The highest BCUT2D eigenvalue weighted by molar-refractivity contribution is 9.47. The van der Waals surface area contributed by atoms with Crippen LogP contribution in [0.1, 0.15) is 58.3 Å². The smallest absolute Gasteiger partial charge is 0.280 e. The van der Waals surface area contributed by atoms with Crippen LogP contribution in [0.25, 0.3) is 0 Å². The Kier molecular flexibility index (Phi) is 25.5. The first-order valence-electron chi connectivity index (χ1n) is 5.24. The van der Waals surface area contributed by atoms with Gasteiger partial charge in [-0.3, -0.25) is 25.8 Å². The topological polar surface area (TPSA) is 0 Å². The Hall–Kier alpha value is 1.73. The van der Waals surface area contributed by atoms with E-state index in [4.69, 9.17) is 0 Å². The van der Waals surface area contributed by atoms with Gasteiger partial charge in [0.25, 0.3) is 0 Å². The Morgan fingerprint density at radius 3 is 1.69 bits per heavy atom. The maximum Gasteiger partial charge on any atom is 0.560 e. The highest BCUT2D eigenvalue weighted by Crippen LogP contribution is 2.07. The number of rotatable bonds is 7. The van der Waals surface area contributed by atoms with E-state index >= 15 is 0 Å². The van der Waals surface area contributed by atoms with Crippen LogP contribution < -0.4 is 0 Å². The number of hydrogen-bond acceptors (Lipinski definition) is 0. The van der Waals surface area contributed by atoms with E-state index in [0.29, 0.717) is 0 Å². The molecule has 1 radical (unpaired) electrons. The van der Waals surface area contributed by atoms with Gasteiger partial charge in [0.15, 0.2) is 0 Å². The molecule has 0 aliphatic carbocycles. The molecule has 0 atom stereocenters. The molecule has 0 unspecified atom stereocenters. The largest absolute Gasteiger partial charge is 0.560 e. The van der Waals surface area contributed by atoms with Gasteiger partial charge in [0, 0.05) is 0 Å². The Labute approximate surface area is 106 Å². The molecule has 3 heteroatoms. The number of halogens is 2. The fraction of sp³-hybridized carbons (Fsp3) is 0.900. The predicted molar refractivity (Wildman–Crippen MR) is 71.6 cm³/mol. The molecule has 0 rings (SSSR count). The Balaban J connectivity index is 0.